The Kier molecular flexibility index (Phi) is 4.06. The van der Waals surface area contributed by atoms with E-state index in [1.807, 2.05) is 0 Å². The van der Waals surface area contributed by atoms with Gasteiger partial charge in [0.05, 0.1) is 11.1 Å². The van der Waals surface area contributed by atoms with Gasteiger partial charge >= 0.3 is 11.5 Å². The van der Waals surface area contributed by atoms with Gasteiger partial charge in [0.2, 0.25) is 0 Å². The van der Waals surface area contributed by atoms with Crippen LogP contribution in [-0.4, -0.2) is 16.6 Å². The lowest BCUT2D eigenvalue weighted by atomic mass is 10.1. The number of carbonyl (C=O) groups is 1. The fraction of sp³-hybridized carbons (Fsp3) is 0.111. The van der Waals surface area contributed by atoms with Crippen LogP contribution in [0.15, 0.2) is 21.5 Å². The molecule has 0 aliphatic carbocycles. The van der Waals surface area contributed by atoms with Crippen molar-refractivity contribution in [1.82, 2.24) is 0 Å². The second kappa shape index (κ2) is 4.98. The van der Waals surface area contributed by atoms with E-state index in [4.69, 9.17) is 10.4 Å². The maximum Gasteiger partial charge on any atom is 0.446 e. The van der Waals surface area contributed by atoms with Crippen LogP contribution in [0, 0.1) is 11.3 Å². The molecule has 1 aromatic rings. The predicted molar refractivity (Wildman–Crippen MR) is 57.7 cm³/mol. The normalized spacial score (nSPS) is 11.0. The van der Waals surface area contributed by atoms with Crippen molar-refractivity contribution >= 4 is 33.7 Å². The van der Waals surface area contributed by atoms with Gasteiger partial charge in [0.1, 0.15) is 6.07 Å². The molecular weight excluding hydrogens is 323 g/mol. The molecule has 1 aromatic carbocycles. The van der Waals surface area contributed by atoms with Gasteiger partial charge in [-0.25, -0.2) is 4.79 Å². The second-order valence-electron chi connectivity index (χ2n) is 2.76. The van der Waals surface area contributed by atoms with Gasteiger partial charge in [-0.2, -0.15) is 18.4 Å². The maximum atomic E-state index is 12.2. The molecule has 0 fully saturated rings. The third-order valence-electron chi connectivity index (χ3n) is 1.67. The number of carboxylic acids is 1. The standard InChI is InChI=1S/C9H3BrF3NO2S/c10-5-1-2-6(17-9(11,12)13)4(3-14)7(5)8(15)16/h1-2H,(H,15,16). The van der Waals surface area contributed by atoms with E-state index in [0.717, 1.165) is 6.07 Å². The average Bonchev–Trinajstić information content (AvgIpc) is 2.17. The third kappa shape index (κ3) is 3.38. The number of rotatable bonds is 2. The molecule has 0 amide bonds. The highest BCUT2D eigenvalue weighted by Gasteiger charge is 2.32. The SMILES string of the molecule is N#Cc1c(SC(F)(F)F)ccc(Br)c1C(=O)O. The van der Waals surface area contributed by atoms with Crippen LogP contribution in [0.1, 0.15) is 15.9 Å². The Bertz CT molecular complexity index is 510. The number of alkyl halides is 3. The van der Waals surface area contributed by atoms with Crippen molar-refractivity contribution in [1.29, 1.82) is 5.26 Å². The number of thioether (sulfide) groups is 1. The molecule has 17 heavy (non-hydrogen) atoms. The summed E-state index contributed by atoms with van der Waals surface area (Å²) < 4.78 is 36.6. The summed E-state index contributed by atoms with van der Waals surface area (Å²) in [6.45, 7) is 0. The minimum atomic E-state index is -4.57. The molecule has 8 heteroatoms. The summed E-state index contributed by atoms with van der Waals surface area (Å²) in [5, 5.41) is 17.6. The monoisotopic (exact) mass is 325 g/mol. The van der Waals surface area contributed by atoms with Gasteiger partial charge in [-0.05, 0) is 39.8 Å². The summed E-state index contributed by atoms with van der Waals surface area (Å²) in [5.41, 5.74) is -5.55. The summed E-state index contributed by atoms with van der Waals surface area (Å²) in [6, 6.07) is 3.69. The van der Waals surface area contributed by atoms with E-state index in [1.165, 1.54) is 12.1 Å². The van der Waals surface area contributed by atoms with Gasteiger partial charge in [-0.3, -0.25) is 0 Å². The van der Waals surface area contributed by atoms with Crippen LogP contribution in [-0.2, 0) is 0 Å². The Hall–Kier alpha value is -1.20. The van der Waals surface area contributed by atoms with Gasteiger partial charge < -0.3 is 5.11 Å². The van der Waals surface area contributed by atoms with Crippen molar-refractivity contribution < 1.29 is 23.1 Å². The van der Waals surface area contributed by atoms with Crippen LogP contribution in [0.2, 0.25) is 0 Å². The number of carboxylic acid groups (broad SMARTS) is 1. The Balaban J connectivity index is 3.40. The second-order valence-corrected chi connectivity index (χ2v) is 4.72. The van der Waals surface area contributed by atoms with E-state index in [-0.39, 0.29) is 4.47 Å². The zero-order chi connectivity index (χ0) is 13.2. The van der Waals surface area contributed by atoms with E-state index in [0.29, 0.717) is 0 Å². The highest BCUT2D eigenvalue weighted by Crippen LogP contribution is 2.40. The molecule has 0 saturated heterocycles. The number of halogens is 4. The highest BCUT2D eigenvalue weighted by atomic mass is 79.9. The zero-order valence-corrected chi connectivity index (χ0v) is 10.3. The maximum absolute atomic E-state index is 12.2. The van der Waals surface area contributed by atoms with Crippen molar-refractivity contribution in [2.45, 2.75) is 10.4 Å². The molecule has 0 spiro atoms. The average molecular weight is 326 g/mol. The molecule has 0 bridgehead atoms. The molecule has 0 atom stereocenters. The highest BCUT2D eigenvalue weighted by molar-refractivity contribution is 9.10. The first-order valence-electron chi connectivity index (χ1n) is 3.98. The summed E-state index contributed by atoms with van der Waals surface area (Å²) in [6.07, 6.45) is 0. The zero-order valence-electron chi connectivity index (χ0n) is 7.88. The van der Waals surface area contributed by atoms with E-state index in [9.17, 15) is 18.0 Å². The first-order chi connectivity index (χ1) is 7.76. The largest absolute Gasteiger partial charge is 0.478 e. The lowest BCUT2D eigenvalue weighted by molar-refractivity contribution is -0.0328. The Morgan fingerprint density at radius 2 is 2.06 bits per heavy atom. The minimum absolute atomic E-state index is 0.0630. The Morgan fingerprint density at radius 3 is 2.47 bits per heavy atom. The Labute approximate surface area is 106 Å². The van der Waals surface area contributed by atoms with Crippen LogP contribution < -0.4 is 0 Å². The number of nitriles is 1. The molecule has 0 aliphatic heterocycles. The van der Waals surface area contributed by atoms with Gasteiger partial charge in [0, 0.05) is 9.37 Å². The fourth-order valence-electron chi connectivity index (χ4n) is 1.09. The topological polar surface area (TPSA) is 61.1 Å². The lowest BCUT2D eigenvalue weighted by Crippen LogP contribution is -2.06. The molecule has 1 N–H and O–H groups in total. The van der Waals surface area contributed by atoms with Crippen molar-refractivity contribution in [3.8, 4) is 6.07 Å². The first kappa shape index (κ1) is 13.9. The van der Waals surface area contributed by atoms with Crippen LogP contribution in [0.4, 0.5) is 13.2 Å². The molecule has 3 nitrogen and oxygen atoms in total. The number of hydrogen-bond acceptors (Lipinski definition) is 3. The van der Waals surface area contributed by atoms with Gasteiger partial charge in [0.25, 0.3) is 0 Å². The molecule has 0 saturated carbocycles. The molecule has 1 rings (SSSR count). The van der Waals surface area contributed by atoms with Crippen LogP contribution >= 0.6 is 27.7 Å². The lowest BCUT2D eigenvalue weighted by Gasteiger charge is -2.09. The molecule has 0 aliphatic rings. The molecule has 0 radical (unpaired) electrons. The molecule has 90 valence electrons. The molecule has 0 unspecified atom stereocenters. The quantitative estimate of drug-likeness (QED) is 0.843. The Morgan fingerprint density at radius 1 is 1.47 bits per heavy atom. The molecular formula is C9H3BrF3NO2S. The van der Waals surface area contributed by atoms with Crippen molar-refractivity contribution in [2.75, 3.05) is 0 Å². The van der Waals surface area contributed by atoms with Crippen LogP contribution in [0.5, 0.6) is 0 Å². The van der Waals surface area contributed by atoms with Crippen molar-refractivity contribution in [3.63, 3.8) is 0 Å². The van der Waals surface area contributed by atoms with Crippen molar-refractivity contribution in [3.05, 3.63) is 27.7 Å². The fourth-order valence-corrected chi connectivity index (χ4v) is 2.22. The van der Waals surface area contributed by atoms with E-state index in [2.05, 4.69) is 15.9 Å². The minimum Gasteiger partial charge on any atom is -0.478 e. The van der Waals surface area contributed by atoms with Crippen molar-refractivity contribution in [2.24, 2.45) is 0 Å². The van der Waals surface area contributed by atoms with Gasteiger partial charge in [-0.1, -0.05) is 0 Å². The molecule has 0 heterocycles. The summed E-state index contributed by atoms with van der Waals surface area (Å²) >= 11 is 2.37. The van der Waals surface area contributed by atoms with Crippen LogP contribution in [0.3, 0.4) is 0 Å². The summed E-state index contributed by atoms with van der Waals surface area (Å²) in [7, 11) is 0. The number of nitrogens with zero attached hydrogens (tertiary/aromatic N) is 1. The summed E-state index contributed by atoms with van der Waals surface area (Å²) in [4.78, 5) is 10.4. The van der Waals surface area contributed by atoms with E-state index >= 15 is 0 Å². The predicted octanol–water partition coefficient (Wildman–Crippen LogP) is 3.63. The van der Waals surface area contributed by atoms with E-state index < -0.39 is 39.3 Å². The third-order valence-corrected chi connectivity index (χ3v) is 3.12. The van der Waals surface area contributed by atoms with E-state index in [1.54, 1.807) is 0 Å². The van der Waals surface area contributed by atoms with Crippen LogP contribution in [0.25, 0.3) is 0 Å². The molecule has 0 aromatic heterocycles. The van der Waals surface area contributed by atoms with Gasteiger partial charge in [-0.15, -0.1) is 0 Å². The smallest absolute Gasteiger partial charge is 0.446 e. The van der Waals surface area contributed by atoms with Gasteiger partial charge in [0.15, 0.2) is 0 Å². The summed E-state index contributed by atoms with van der Waals surface area (Å²) in [5.74, 6) is -1.46. The first-order valence-corrected chi connectivity index (χ1v) is 5.59. The number of benzene rings is 1. The number of hydrogen-bond donors (Lipinski definition) is 1. The number of aromatic carboxylic acids is 1.